The van der Waals surface area contributed by atoms with Crippen molar-refractivity contribution in [2.45, 2.75) is 25.4 Å². The quantitative estimate of drug-likeness (QED) is 0.580. The molecule has 0 unspecified atom stereocenters. The summed E-state index contributed by atoms with van der Waals surface area (Å²) in [6, 6.07) is 10.1. The second-order valence-corrected chi connectivity index (χ2v) is 6.70. The van der Waals surface area contributed by atoms with Crippen molar-refractivity contribution in [3.8, 4) is 11.5 Å². The minimum absolute atomic E-state index is 0.0560. The molecule has 1 heterocycles. The van der Waals surface area contributed by atoms with Crippen LogP contribution in [0.1, 0.15) is 40.4 Å². The molecular weight excluding hydrogens is 362 g/mol. The molecule has 1 aliphatic rings. The molecule has 0 radical (unpaired) electrons. The summed E-state index contributed by atoms with van der Waals surface area (Å²) < 4.78 is 10.9. The van der Waals surface area contributed by atoms with Crippen LogP contribution in [0.25, 0.3) is 0 Å². The van der Waals surface area contributed by atoms with E-state index in [9.17, 15) is 14.9 Å². The third kappa shape index (κ3) is 3.91. The van der Waals surface area contributed by atoms with Crippen LogP contribution in [-0.2, 0) is 6.54 Å². The number of hydrogen-bond donors (Lipinski definition) is 1. The molecule has 0 saturated carbocycles. The summed E-state index contributed by atoms with van der Waals surface area (Å²) in [5, 5.41) is 11.5. The second kappa shape index (κ2) is 8.26. The molecule has 0 spiro atoms. The summed E-state index contributed by atoms with van der Waals surface area (Å²) >= 11 is 0. The van der Waals surface area contributed by atoms with Gasteiger partial charge in [-0.2, -0.15) is 0 Å². The molecule has 0 aliphatic carbocycles. The fourth-order valence-corrected chi connectivity index (χ4v) is 3.71. The third-order valence-electron chi connectivity index (χ3n) is 5.10. The maximum absolute atomic E-state index is 11.5. The Hall–Kier alpha value is -3.13. The first-order valence-corrected chi connectivity index (χ1v) is 8.97. The number of nitro groups is 1. The first-order chi connectivity index (χ1) is 13.4. The Morgan fingerprint density at radius 1 is 1.25 bits per heavy atom. The molecule has 1 fully saturated rings. The second-order valence-electron chi connectivity index (χ2n) is 6.70. The molecule has 0 bridgehead atoms. The standard InChI is InChI=1S/C20H23N3O5/c1-27-15-7-8-19(28-2)16(11-15)17-4-3-9-22(17)12-14-6-5-13(20(21)24)10-18(14)23(25)26/h5-8,10-11,17H,3-4,9,12H2,1-2H3,(H2,21,24)/t17-/m1/s1. The first kappa shape index (κ1) is 19.6. The lowest BCUT2D eigenvalue weighted by Crippen LogP contribution is -2.24. The molecule has 1 atom stereocenters. The van der Waals surface area contributed by atoms with Crippen molar-refractivity contribution in [2.75, 3.05) is 20.8 Å². The van der Waals surface area contributed by atoms with Crippen molar-refractivity contribution in [2.24, 2.45) is 5.73 Å². The van der Waals surface area contributed by atoms with E-state index in [1.807, 2.05) is 18.2 Å². The number of rotatable bonds is 7. The molecule has 2 N–H and O–H groups in total. The van der Waals surface area contributed by atoms with E-state index in [1.54, 1.807) is 20.3 Å². The summed E-state index contributed by atoms with van der Waals surface area (Å²) in [7, 11) is 3.24. The smallest absolute Gasteiger partial charge is 0.274 e. The Morgan fingerprint density at radius 3 is 2.68 bits per heavy atom. The van der Waals surface area contributed by atoms with Crippen LogP contribution in [0.5, 0.6) is 11.5 Å². The maximum atomic E-state index is 11.5. The van der Waals surface area contributed by atoms with E-state index in [0.717, 1.165) is 36.4 Å². The lowest BCUT2D eigenvalue weighted by molar-refractivity contribution is -0.385. The molecule has 148 valence electrons. The van der Waals surface area contributed by atoms with Gasteiger partial charge in [0.05, 0.1) is 19.1 Å². The van der Waals surface area contributed by atoms with Gasteiger partial charge < -0.3 is 15.2 Å². The number of hydrogen-bond acceptors (Lipinski definition) is 6. The van der Waals surface area contributed by atoms with Gasteiger partial charge in [-0.15, -0.1) is 0 Å². The van der Waals surface area contributed by atoms with Gasteiger partial charge in [-0.25, -0.2) is 0 Å². The SMILES string of the molecule is COc1ccc(OC)c([C@H]2CCCN2Cc2ccc(C(N)=O)cc2[N+](=O)[O-])c1. The third-order valence-corrected chi connectivity index (χ3v) is 5.10. The number of nitro benzene ring substituents is 1. The van der Waals surface area contributed by atoms with Gasteiger partial charge in [-0.1, -0.05) is 6.07 Å². The molecule has 3 rings (SSSR count). The van der Waals surface area contributed by atoms with Crippen LogP contribution in [-0.4, -0.2) is 36.5 Å². The van der Waals surface area contributed by atoms with E-state index in [0.29, 0.717) is 12.1 Å². The van der Waals surface area contributed by atoms with Crippen LogP contribution in [0.4, 0.5) is 5.69 Å². The molecular formula is C20H23N3O5. The fraction of sp³-hybridized carbons (Fsp3) is 0.350. The van der Waals surface area contributed by atoms with Crippen molar-refractivity contribution < 1.29 is 19.2 Å². The van der Waals surface area contributed by atoms with Gasteiger partial charge in [-0.05, 0) is 43.7 Å². The summed E-state index contributed by atoms with van der Waals surface area (Å²) in [4.78, 5) is 24.6. The van der Waals surface area contributed by atoms with Gasteiger partial charge in [0, 0.05) is 35.3 Å². The Bertz CT molecular complexity index is 899. The van der Waals surface area contributed by atoms with Crippen LogP contribution < -0.4 is 15.2 Å². The van der Waals surface area contributed by atoms with E-state index in [4.69, 9.17) is 15.2 Å². The highest BCUT2D eigenvalue weighted by Crippen LogP contribution is 2.40. The fourth-order valence-electron chi connectivity index (χ4n) is 3.71. The van der Waals surface area contributed by atoms with Crippen molar-refractivity contribution in [1.82, 2.24) is 4.90 Å². The number of nitrogens with two attached hydrogens (primary N) is 1. The number of likely N-dealkylation sites (tertiary alicyclic amines) is 1. The minimum Gasteiger partial charge on any atom is -0.497 e. The molecule has 2 aromatic rings. The van der Waals surface area contributed by atoms with Gasteiger partial charge >= 0.3 is 0 Å². The summed E-state index contributed by atoms with van der Waals surface area (Å²) in [5.41, 5.74) is 6.83. The maximum Gasteiger partial charge on any atom is 0.274 e. The molecule has 1 amide bonds. The average Bonchev–Trinajstić information content (AvgIpc) is 3.15. The number of carbonyl (C=O) groups excluding carboxylic acids is 1. The molecule has 8 heteroatoms. The predicted octanol–water partition coefficient (Wildman–Crippen LogP) is 3.05. The Labute approximate surface area is 163 Å². The lowest BCUT2D eigenvalue weighted by Gasteiger charge is -2.26. The zero-order chi connectivity index (χ0) is 20.3. The van der Waals surface area contributed by atoms with Crippen LogP contribution in [0.15, 0.2) is 36.4 Å². The van der Waals surface area contributed by atoms with Crippen molar-refractivity contribution in [1.29, 1.82) is 0 Å². The topological polar surface area (TPSA) is 108 Å². The monoisotopic (exact) mass is 385 g/mol. The van der Waals surface area contributed by atoms with Crippen LogP contribution in [0, 0.1) is 10.1 Å². The number of amides is 1. The van der Waals surface area contributed by atoms with Crippen LogP contribution >= 0.6 is 0 Å². The number of carbonyl (C=O) groups is 1. The van der Waals surface area contributed by atoms with E-state index < -0.39 is 10.8 Å². The highest BCUT2D eigenvalue weighted by molar-refractivity contribution is 5.93. The average molecular weight is 385 g/mol. The van der Waals surface area contributed by atoms with E-state index in [-0.39, 0.29) is 17.3 Å². The van der Waals surface area contributed by atoms with Gasteiger partial charge in [0.1, 0.15) is 11.5 Å². The molecule has 1 saturated heterocycles. The molecule has 1 aliphatic heterocycles. The van der Waals surface area contributed by atoms with Crippen LogP contribution in [0.2, 0.25) is 0 Å². The summed E-state index contributed by atoms with van der Waals surface area (Å²) in [6.07, 6.45) is 1.88. The largest absolute Gasteiger partial charge is 0.497 e. The van der Waals surface area contributed by atoms with Crippen LogP contribution in [0.3, 0.4) is 0 Å². The summed E-state index contributed by atoms with van der Waals surface area (Å²) in [5.74, 6) is 0.811. The lowest BCUT2D eigenvalue weighted by atomic mass is 10.0. The van der Waals surface area contributed by atoms with E-state index in [1.165, 1.54) is 12.1 Å². The highest BCUT2D eigenvalue weighted by atomic mass is 16.6. The van der Waals surface area contributed by atoms with Gasteiger partial charge in [0.2, 0.25) is 5.91 Å². The molecule has 8 nitrogen and oxygen atoms in total. The number of benzene rings is 2. The zero-order valence-electron chi connectivity index (χ0n) is 15.9. The first-order valence-electron chi connectivity index (χ1n) is 8.97. The van der Waals surface area contributed by atoms with Crippen molar-refractivity contribution >= 4 is 11.6 Å². The van der Waals surface area contributed by atoms with Crippen molar-refractivity contribution in [3.05, 3.63) is 63.2 Å². The molecule has 2 aromatic carbocycles. The normalized spacial score (nSPS) is 16.7. The Balaban J connectivity index is 1.93. The minimum atomic E-state index is -0.685. The number of methoxy groups -OCH3 is 2. The zero-order valence-corrected chi connectivity index (χ0v) is 15.9. The molecule has 0 aromatic heterocycles. The Kier molecular flexibility index (Phi) is 5.79. The number of primary amides is 1. The Morgan fingerprint density at radius 2 is 2.04 bits per heavy atom. The van der Waals surface area contributed by atoms with E-state index in [2.05, 4.69) is 4.90 Å². The van der Waals surface area contributed by atoms with Crippen molar-refractivity contribution in [3.63, 3.8) is 0 Å². The van der Waals surface area contributed by atoms with Gasteiger partial charge in [-0.3, -0.25) is 19.8 Å². The van der Waals surface area contributed by atoms with E-state index >= 15 is 0 Å². The summed E-state index contributed by atoms with van der Waals surface area (Å²) in [6.45, 7) is 1.19. The number of nitrogens with zero attached hydrogens (tertiary/aromatic N) is 2. The van der Waals surface area contributed by atoms with Gasteiger partial charge in [0.15, 0.2) is 0 Å². The van der Waals surface area contributed by atoms with Gasteiger partial charge in [0.25, 0.3) is 5.69 Å². The highest BCUT2D eigenvalue weighted by Gasteiger charge is 2.30. The predicted molar refractivity (Wildman–Crippen MR) is 104 cm³/mol. The number of ether oxygens (including phenoxy) is 2. The molecule has 28 heavy (non-hydrogen) atoms.